The van der Waals surface area contributed by atoms with Crippen LogP contribution in [0.3, 0.4) is 0 Å². The number of nitro benzene ring substituents is 1. The van der Waals surface area contributed by atoms with Crippen LogP contribution >= 0.6 is 11.6 Å². The number of phenols is 4. The Kier molecular flexibility index (Phi) is 18.8. The number of hydrogen-bond donors (Lipinski definition) is 8. The average Bonchev–Trinajstić information content (AvgIpc) is 3.70. The summed E-state index contributed by atoms with van der Waals surface area (Å²) >= 11 is 5.88. The van der Waals surface area contributed by atoms with Gasteiger partial charge < -0.3 is 41.7 Å². The summed E-state index contributed by atoms with van der Waals surface area (Å²) in [4.78, 5) is 59.6. The van der Waals surface area contributed by atoms with E-state index in [0.29, 0.717) is 16.4 Å². The van der Waals surface area contributed by atoms with E-state index in [1.165, 1.54) is 24.3 Å². The van der Waals surface area contributed by atoms with Gasteiger partial charge in [0.15, 0.2) is 0 Å². The fourth-order valence-corrected chi connectivity index (χ4v) is 9.56. The lowest BCUT2D eigenvalue weighted by molar-refractivity contribution is -0.384. The zero-order valence-electron chi connectivity index (χ0n) is 47.1. The predicted octanol–water partition coefficient (Wildman–Crippen LogP) is 16.7. The Morgan fingerprint density at radius 2 is 0.678 bits per heavy atom. The molecule has 0 aliphatic rings. The van der Waals surface area contributed by atoms with Gasteiger partial charge in [-0.1, -0.05) is 151 Å². The largest absolute Gasteiger partial charge is 0.507 e. The van der Waals surface area contributed by atoms with Gasteiger partial charge in [-0.25, -0.2) is 0 Å². The van der Waals surface area contributed by atoms with Gasteiger partial charge in [0.1, 0.15) is 23.0 Å². The van der Waals surface area contributed by atoms with Gasteiger partial charge in [0.2, 0.25) is 0 Å². The van der Waals surface area contributed by atoms with Crippen LogP contribution < -0.4 is 21.3 Å². The summed E-state index contributed by atoms with van der Waals surface area (Å²) in [6.45, 7) is 5.92. The number of phenolic OH excluding ortho intramolecular Hbond substituents is 4. The van der Waals surface area contributed by atoms with Crippen molar-refractivity contribution in [2.45, 2.75) is 20.8 Å². The quantitative estimate of drug-likeness (QED) is 0.0502. The number of carbonyl (C=O) groups excluding carboxylic acids is 4. The third kappa shape index (κ3) is 15.4. The second-order valence-corrected chi connectivity index (χ2v) is 20.6. The molecule has 12 aromatic carbocycles. The van der Waals surface area contributed by atoms with Crippen LogP contribution in [0.4, 0.5) is 28.4 Å². The highest BCUT2D eigenvalue weighted by atomic mass is 35.5. The van der Waals surface area contributed by atoms with Crippen LogP contribution in [0.1, 0.15) is 58.1 Å². The van der Waals surface area contributed by atoms with E-state index >= 15 is 0 Å². The molecule has 0 fully saturated rings. The monoisotopic (exact) mass is 1170 g/mol. The number of rotatable bonds is 9. The van der Waals surface area contributed by atoms with Gasteiger partial charge in [0, 0.05) is 39.9 Å². The SMILES string of the molecule is Cc1ccc(NC(=O)c2cc3ccccc3cc2O)c(C)c1.Cc1cccc(NC(=O)c2cc3ccccc3cc2O)c1.O=C(Nc1cccc(Cl)c1)c1cc2ccccc2cc1O.O=C(Nc1cccc([N+](=O)[O-])c1)c1cc2ccccc2cc1O. The van der Waals surface area contributed by atoms with E-state index in [4.69, 9.17) is 11.6 Å². The Labute approximate surface area is 504 Å². The Hall–Kier alpha value is -11.6. The fourth-order valence-electron chi connectivity index (χ4n) is 9.37. The van der Waals surface area contributed by atoms with E-state index in [1.807, 2.05) is 160 Å². The number of nitrogens with zero attached hydrogens (tertiary/aromatic N) is 1. The first kappa shape index (κ1) is 60.1. The second-order valence-electron chi connectivity index (χ2n) is 20.2. The third-order valence-electron chi connectivity index (χ3n) is 13.7. The zero-order chi connectivity index (χ0) is 61.7. The van der Waals surface area contributed by atoms with Crippen molar-refractivity contribution in [1.82, 2.24) is 0 Å². The molecule has 8 N–H and O–H groups in total. The molecule has 0 aliphatic heterocycles. The number of nitro groups is 1. The molecule has 0 radical (unpaired) electrons. The molecule has 12 aromatic rings. The minimum atomic E-state index is -0.539. The number of benzene rings is 12. The lowest BCUT2D eigenvalue weighted by atomic mass is 10.0. The number of amides is 4. The number of halogens is 1. The van der Waals surface area contributed by atoms with Crippen molar-refractivity contribution in [2.24, 2.45) is 0 Å². The fraction of sp³-hybridized carbons (Fsp3) is 0.0423. The van der Waals surface area contributed by atoms with Crippen molar-refractivity contribution in [3.8, 4) is 23.0 Å². The van der Waals surface area contributed by atoms with E-state index in [9.17, 15) is 49.7 Å². The standard InChI is InChI=1S/C19H17NO2.C18H15NO2.C17H12ClNO2.C17H12N2O4/c1-12-7-8-17(13(2)9-12)20-19(22)16-10-14-5-3-4-6-15(14)11-18(16)21;1-12-5-4-8-15(9-12)19-18(21)16-10-13-6-2-3-7-14(13)11-17(16)20;18-13-6-3-7-14(10-13)19-17(21)15-8-11-4-1-2-5-12(11)9-16(15)20;20-16-9-12-5-2-1-4-11(12)8-15(16)17(21)18-13-6-3-7-14(10-13)19(22)23/h3-11,21H,1-2H3,(H,20,22);2-11,20H,1H3,(H,19,21);1-10,20H,(H,19,21);1-10,20H,(H,18,21). The number of anilines is 4. The minimum absolute atomic E-state index is 0.0130. The Morgan fingerprint density at radius 3 is 1.03 bits per heavy atom. The predicted molar refractivity (Wildman–Crippen MR) is 346 cm³/mol. The topological polar surface area (TPSA) is 240 Å². The molecule has 0 saturated carbocycles. The minimum Gasteiger partial charge on any atom is -0.507 e. The summed E-state index contributed by atoms with van der Waals surface area (Å²) in [5, 5.41) is 69.5. The van der Waals surface area contributed by atoms with Crippen LogP contribution in [-0.4, -0.2) is 49.0 Å². The first-order valence-corrected chi connectivity index (χ1v) is 27.5. The molecule has 0 aliphatic carbocycles. The molecule has 0 bridgehead atoms. The van der Waals surface area contributed by atoms with Crippen LogP contribution in [0.5, 0.6) is 23.0 Å². The van der Waals surface area contributed by atoms with E-state index in [0.717, 1.165) is 65.5 Å². The first-order valence-electron chi connectivity index (χ1n) is 27.1. The summed E-state index contributed by atoms with van der Waals surface area (Å²) in [5.74, 6) is -1.76. The van der Waals surface area contributed by atoms with E-state index in [2.05, 4.69) is 21.3 Å². The summed E-state index contributed by atoms with van der Waals surface area (Å²) in [7, 11) is 0. The first-order chi connectivity index (χ1) is 41.8. The molecule has 0 atom stereocenters. The molecule has 0 unspecified atom stereocenters. The molecule has 0 aromatic heterocycles. The van der Waals surface area contributed by atoms with Crippen molar-refractivity contribution in [1.29, 1.82) is 0 Å². The highest BCUT2D eigenvalue weighted by Crippen LogP contribution is 2.31. The van der Waals surface area contributed by atoms with E-state index in [-0.39, 0.29) is 74.3 Å². The second kappa shape index (κ2) is 27.2. The number of nitrogens with one attached hydrogen (secondary N) is 4. The normalized spacial score (nSPS) is 10.5. The summed E-state index contributed by atoms with van der Waals surface area (Å²) in [6.07, 6.45) is 0. The number of aryl methyl sites for hydroxylation is 3. The van der Waals surface area contributed by atoms with Gasteiger partial charge in [0.05, 0.1) is 27.2 Å². The van der Waals surface area contributed by atoms with Gasteiger partial charge in [-0.15, -0.1) is 0 Å². The molecule has 15 nitrogen and oxygen atoms in total. The molecule has 0 saturated heterocycles. The molecular formula is C71H56ClN5O10. The van der Waals surface area contributed by atoms with Crippen LogP contribution in [0.2, 0.25) is 5.02 Å². The molecule has 87 heavy (non-hydrogen) atoms. The third-order valence-corrected chi connectivity index (χ3v) is 14.0. The molecule has 4 amide bonds. The van der Waals surface area contributed by atoms with E-state index in [1.54, 1.807) is 72.8 Å². The molecule has 432 valence electrons. The number of fused-ring (bicyclic) bond motifs is 4. The van der Waals surface area contributed by atoms with Gasteiger partial charge in [0.25, 0.3) is 29.3 Å². The number of non-ortho nitro benzene ring substituents is 1. The van der Waals surface area contributed by atoms with Crippen molar-refractivity contribution in [2.75, 3.05) is 21.3 Å². The maximum atomic E-state index is 12.4. The summed E-state index contributed by atoms with van der Waals surface area (Å²) in [6, 6.07) is 69.0. The van der Waals surface area contributed by atoms with Crippen LogP contribution in [0.25, 0.3) is 43.1 Å². The zero-order valence-corrected chi connectivity index (χ0v) is 47.8. The van der Waals surface area contributed by atoms with Crippen LogP contribution in [0, 0.1) is 30.9 Å². The van der Waals surface area contributed by atoms with Crippen molar-refractivity contribution in [3.05, 3.63) is 291 Å². The van der Waals surface area contributed by atoms with Crippen molar-refractivity contribution >= 4 is 107 Å². The smallest absolute Gasteiger partial charge is 0.271 e. The number of carbonyl (C=O) groups is 4. The Bertz CT molecular complexity index is 4470. The van der Waals surface area contributed by atoms with Crippen LogP contribution in [0.15, 0.2) is 237 Å². The highest BCUT2D eigenvalue weighted by molar-refractivity contribution is 6.31. The maximum Gasteiger partial charge on any atom is 0.271 e. The maximum absolute atomic E-state index is 12.4. The number of hydrogen-bond acceptors (Lipinski definition) is 10. The lowest BCUT2D eigenvalue weighted by Gasteiger charge is -2.11. The average molecular weight is 1170 g/mol. The van der Waals surface area contributed by atoms with Gasteiger partial charge in [-0.3, -0.25) is 29.3 Å². The van der Waals surface area contributed by atoms with E-state index < -0.39 is 10.8 Å². The Morgan fingerprint density at radius 1 is 0.356 bits per heavy atom. The van der Waals surface area contributed by atoms with Gasteiger partial charge in [-0.2, -0.15) is 0 Å². The lowest BCUT2D eigenvalue weighted by Crippen LogP contribution is -2.13. The molecule has 0 heterocycles. The van der Waals surface area contributed by atoms with Gasteiger partial charge in [-0.05, 0) is 166 Å². The molecular weight excluding hydrogens is 1120 g/mol. The number of aromatic hydroxyl groups is 4. The molecule has 16 heteroatoms. The van der Waals surface area contributed by atoms with Gasteiger partial charge >= 0.3 is 0 Å². The molecule has 12 rings (SSSR count). The van der Waals surface area contributed by atoms with Crippen molar-refractivity contribution < 1.29 is 44.5 Å². The summed E-state index contributed by atoms with van der Waals surface area (Å²) < 4.78 is 0. The molecule has 0 spiro atoms. The highest BCUT2D eigenvalue weighted by Gasteiger charge is 2.18. The Balaban J connectivity index is 0.000000138. The van der Waals surface area contributed by atoms with Crippen LogP contribution in [-0.2, 0) is 0 Å². The van der Waals surface area contributed by atoms with Crippen molar-refractivity contribution in [3.63, 3.8) is 0 Å². The summed E-state index contributed by atoms with van der Waals surface area (Å²) in [5.41, 5.74) is 6.31.